The lowest BCUT2D eigenvalue weighted by Crippen LogP contribution is -2.25. The number of carboxylic acid groups (broad SMARTS) is 1. The van der Waals surface area contributed by atoms with Gasteiger partial charge in [0.2, 0.25) is 0 Å². The molecule has 0 aliphatic heterocycles. The van der Waals surface area contributed by atoms with Crippen LogP contribution in [-0.4, -0.2) is 16.2 Å². The van der Waals surface area contributed by atoms with Crippen molar-refractivity contribution in [2.24, 2.45) is 0 Å². The Balaban J connectivity index is 2.26. The van der Waals surface area contributed by atoms with Gasteiger partial charge in [-0.05, 0) is 31.5 Å². The summed E-state index contributed by atoms with van der Waals surface area (Å²) in [5.41, 5.74) is 0.259. The second-order valence-corrected chi connectivity index (χ2v) is 4.96. The molecule has 0 bridgehead atoms. The van der Waals surface area contributed by atoms with Crippen LogP contribution in [0.15, 0.2) is 48.5 Å². The SMILES string of the molecule is CC(C)(Oc1ccc(C(=O)O)c(O)c1)c1ccccc1. The number of hydrogen-bond donors (Lipinski definition) is 2. The average molecular weight is 272 g/mol. The van der Waals surface area contributed by atoms with Crippen molar-refractivity contribution in [3.63, 3.8) is 0 Å². The third-order valence-electron chi connectivity index (χ3n) is 3.04. The number of aromatic hydroxyl groups is 1. The lowest BCUT2D eigenvalue weighted by molar-refractivity contribution is 0.0693. The maximum Gasteiger partial charge on any atom is 0.339 e. The smallest absolute Gasteiger partial charge is 0.339 e. The first-order chi connectivity index (χ1) is 9.40. The molecule has 104 valence electrons. The number of hydrogen-bond acceptors (Lipinski definition) is 3. The molecule has 2 N–H and O–H groups in total. The van der Waals surface area contributed by atoms with Gasteiger partial charge in [-0.25, -0.2) is 4.79 Å². The summed E-state index contributed by atoms with van der Waals surface area (Å²) in [7, 11) is 0. The van der Waals surface area contributed by atoms with Gasteiger partial charge in [-0.15, -0.1) is 0 Å². The highest BCUT2D eigenvalue weighted by Gasteiger charge is 2.23. The van der Waals surface area contributed by atoms with E-state index in [0.29, 0.717) is 5.75 Å². The molecule has 0 aliphatic rings. The number of ether oxygens (including phenoxy) is 1. The number of carboxylic acids is 1. The molecule has 0 aromatic heterocycles. The first kappa shape index (κ1) is 13.9. The van der Waals surface area contributed by atoms with Crippen LogP contribution in [0.5, 0.6) is 11.5 Å². The highest BCUT2D eigenvalue weighted by atomic mass is 16.5. The van der Waals surface area contributed by atoms with Crippen molar-refractivity contribution >= 4 is 5.97 Å². The fourth-order valence-electron chi connectivity index (χ4n) is 1.95. The Labute approximate surface area is 117 Å². The molecule has 2 rings (SSSR count). The molecule has 0 saturated heterocycles. The zero-order chi connectivity index (χ0) is 14.8. The molecule has 0 atom stereocenters. The van der Waals surface area contributed by atoms with Gasteiger partial charge in [0, 0.05) is 6.07 Å². The fraction of sp³-hybridized carbons (Fsp3) is 0.188. The van der Waals surface area contributed by atoms with Crippen molar-refractivity contribution < 1.29 is 19.7 Å². The molecule has 0 radical (unpaired) electrons. The van der Waals surface area contributed by atoms with Crippen LogP contribution in [0, 0.1) is 0 Å². The van der Waals surface area contributed by atoms with Gasteiger partial charge in [0.25, 0.3) is 0 Å². The summed E-state index contributed by atoms with van der Waals surface area (Å²) >= 11 is 0. The Kier molecular flexibility index (Phi) is 3.66. The summed E-state index contributed by atoms with van der Waals surface area (Å²) < 4.78 is 5.85. The second-order valence-electron chi connectivity index (χ2n) is 4.96. The Morgan fingerprint density at radius 1 is 1.10 bits per heavy atom. The summed E-state index contributed by atoms with van der Waals surface area (Å²) in [6, 6.07) is 13.8. The van der Waals surface area contributed by atoms with Crippen LogP contribution in [0.4, 0.5) is 0 Å². The molecule has 20 heavy (non-hydrogen) atoms. The van der Waals surface area contributed by atoms with Crippen molar-refractivity contribution in [2.45, 2.75) is 19.4 Å². The first-order valence-electron chi connectivity index (χ1n) is 6.21. The monoisotopic (exact) mass is 272 g/mol. The van der Waals surface area contributed by atoms with Gasteiger partial charge in [-0.1, -0.05) is 30.3 Å². The summed E-state index contributed by atoms with van der Waals surface area (Å²) in [5, 5.41) is 18.5. The summed E-state index contributed by atoms with van der Waals surface area (Å²) in [5.74, 6) is -1.06. The van der Waals surface area contributed by atoms with Gasteiger partial charge in [-0.2, -0.15) is 0 Å². The molecule has 0 heterocycles. The van der Waals surface area contributed by atoms with Gasteiger partial charge in [0.05, 0.1) is 0 Å². The second kappa shape index (κ2) is 5.25. The van der Waals surface area contributed by atoms with Crippen LogP contribution in [-0.2, 0) is 5.60 Å². The molecule has 4 heteroatoms. The van der Waals surface area contributed by atoms with E-state index in [1.807, 2.05) is 44.2 Å². The lowest BCUT2D eigenvalue weighted by atomic mass is 9.98. The minimum atomic E-state index is -1.17. The largest absolute Gasteiger partial charge is 0.507 e. The van der Waals surface area contributed by atoms with Crippen LogP contribution in [0.3, 0.4) is 0 Å². The molecule has 0 unspecified atom stereocenters. The number of rotatable bonds is 4. The molecule has 0 saturated carbocycles. The molecule has 2 aromatic rings. The van der Waals surface area contributed by atoms with Gasteiger partial charge in [0.1, 0.15) is 22.7 Å². The molecular formula is C16H16O4. The minimum absolute atomic E-state index is 0.144. The molecule has 4 nitrogen and oxygen atoms in total. The number of carbonyl (C=O) groups is 1. The molecule has 2 aromatic carbocycles. The predicted molar refractivity (Wildman–Crippen MR) is 75.2 cm³/mol. The maximum atomic E-state index is 10.8. The van der Waals surface area contributed by atoms with E-state index in [2.05, 4.69) is 0 Å². The molecule has 0 spiro atoms. The van der Waals surface area contributed by atoms with E-state index < -0.39 is 11.6 Å². The van der Waals surface area contributed by atoms with E-state index in [0.717, 1.165) is 5.56 Å². The number of aromatic carboxylic acids is 1. The zero-order valence-electron chi connectivity index (χ0n) is 11.3. The number of phenols is 1. The normalized spacial score (nSPS) is 11.1. The minimum Gasteiger partial charge on any atom is -0.507 e. The Morgan fingerprint density at radius 3 is 2.30 bits per heavy atom. The highest BCUT2D eigenvalue weighted by molar-refractivity contribution is 5.90. The Hall–Kier alpha value is -2.49. The first-order valence-corrected chi connectivity index (χ1v) is 6.21. The quantitative estimate of drug-likeness (QED) is 0.895. The zero-order valence-corrected chi connectivity index (χ0v) is 11.3. The average Bonchev–Trinajstić information content (AvgIpc) is 2.39. The van der Waals surface area contributed by atoms with Crippen LogP contribution < -0.4 is 4.74 Å². The predicted octanol–water partition coefficient (Wildman–Crippen LogP) is 3.40. The molecule has 0 aliphatic carbocycles. The van der Waals surface area contributed by atoms with Crippen LogP contribution in [0.1, 0.15) is 29.8 Å². The van der Waals surface area contributed by atoms with E-state index in [-0.39, 0.29) is 11.3 Å². The van der Waals surface area contributed by atoms with E-state index in [9.17, 15) is 9.90 Å². The molecular weight excluding hydrogens is 256 g/mol. The third-order valence-corrected chi connectivity index (χ3v) is 3.04. The van der Waals surface area contributed by atoms with Gasteiger partial charge < -0.3 is 14.9 Å². The maximum absolute atomic E-state index is 10.8. The summed E-state index contributed by atoms with van der Waals surface area (Å²) in [4.78, 5) is 10.8. The third kappa shape index (κ3) is 2.91. The Bertz CT molecular complexity index is 618. The van der Waals surface area contributed by atoms with E-state index in [1.54, 1.807) is 0 Å². The molecule has 0 fully saturated rings. The van der Waals surface area contributed by atoms with Crippen LogP contribution in [0.25, 0.3) is 0 Å². The van der Waals surface area contributed by atoms with Crippen molar-refractivity contribution in [1.29, 1.82) is 0 Å². The van der Waals surface area contributed by atoms with Crippen LogP contribution in [0.2, 0.25) is 0 Å². The van der Waals surface area contributed by atoms with Crippen molar-refractivity contribution in [3.05, 3.63) is 59.7 Å². The van der Waals surface area contributed by atoms with Gasteiger partial charge in [-0.3, -0.25) is 0 Å². The fourth-order valence-corrected chi connectivity index (χ4v) is 1.95. The van der Waals surface area contributed by atoms with Crippen molar-refractivity contribution in [2.75, 3.05) is 0 Å². The van der Waals surface area contributed by atoms with E-state index in [4.69, 9.17) is 9.84 Å². The van der Waals surface area contributed by atoms with Gasteiger partial charge >= 0.3 is 5.97 Å². The van der Waals surface area contributed by atoms with Crippen molar-refractivity contribution in [1.82, 2.24) is 0 Å². The van der Waals surface area contributed by atoms with Gasteiger partial charge in [0.15, 0.2) is 0 Å². The highest BCUT2D eigenvalue weighted by Crippen LogP contribution is 2.30. The standard InChI is InChI=1S/C16H16O4/c1-16(2,11-6-4-3-5-7-11)20-12-8-9-13(15(18)19)14(17)10-12/h3-10,17H,1-2H3,(H,18,19). The Morgan fingerprint density at radius 2 is 1.75 bits per heavy atom. The van der Waals surface area contributed by atoms with E-state index in [1.165, 1.54) is 18.2 Å². The molecule has 0 amide bonds. The van der Waals surface area contributed by atoms with E-state index >= 15 is 0 Å². The summed E-state index contributed by atoms with van der Waals surface area (Å²) in [6.45, 7) is 3.81. The van der Waals surface area contributed by atoms with Crippen molar-refractivity contribution in [3.8, 4) is 11.5 Å². The number of benzene rings is 2. The van der Waals surface area contributed by atoms with Crippen LogP contribution >= 0.6 is 0 Å². The topological polar surface area (TPSA) is 66.8 Å². The lowest BCUT2D eigenvalue weighted by Gasteiger charge is -2.27. The summed E-state index contributed by atoms with van der Waals surface area (Å²) in [6.07, 6.45) is 0.